The second-order valence-corrected chi connectivity index (χ2v) is 7.71. The largest absolute Gasteiger partial charge is 0.463 e. The van der Waals surface area contributed by atoms with Gasteiger partial charge in [0.05, 0.1) is 12.0 Å². The molecule has 0 radical (unpaired) electrons. The Morgan fingerprint density at radius 1 is 1.24 bits per heavy atom. The normalized spacial score (nSPS) is 15.8. The van der Waals surface area contributed by atoms with E-state index in [0.29, 0.717) is 41.2 Å². The summed E-state index contributed by atoms with van der Waals surface area (Å²) in [5.74, 6) is 1.03. The van der Waals surface area contributed by atoms with Crippen LogP contribution in [-0.4, -0.2) is 39.7 Å². The van der Waals surface area contributed by atoms with Crippen LogP contribution in [0.15, 0.2) is 53.1 Å². The van der Waals surface area contributed by atoms with Crippen LogP contribution in [0.25, 0.3) is 17.1 Å². The predicted octanol–water partition coefficient (Wildman–Crippen LogP) is 4.41. The van der Waals surface area contributed by atoms with Crippen LogP contribution < -0.4 is 5.73 Å². The molecule has 1 atom stereocenters. The number of halogens is 2. The molecular formula is C21H24Cl2N4O2. The number of piperidine rings is 1. The number of carbonyl (C=O) groups excluding carboxylic acids is 1. The van der Waals surface area contributed by atoms with Crippen LogP contribution in [0.5, 0.6) is 0 Å². The molecule has 0 bridgehead atoms. The van der Waals surface area contributed by atoms with Gasteiger partial charge in [-0.3, -0.25) is 4.79 Å². The maximum Gasteiger partial charge on any atom is 0.274 e. The first kappa shape index (κ1) is 21.4. The summed E-state index contributed by atoms with van der Waals surface area (Å²) in [4.78, 5) is 14.9. The molecule has 2 N–H and O–H groups in total. The van der Waals surface area contributed by atoms with Crippen LogP contribution in [0.2, 0.25) is 5.02 Å². The van der Waals surface area contributed by atoms with Crippen molar-refractivity contribution in [2.75, 3.05) is 13.1 Å². The lowest BCUT2D eigenvalue weighted by Crippen LogP contribution is -2.42. The number of likely N-dealkylation sites (tertiary alicyclic amines) is 1. The molecule has 3 aromatic rings. The average molecular weight is 435 g/mol. The topological polar surface area (TPSA) is 77.3 Å². The molecule has 1 aromatic carbocycles. The van der Waals surface area contributed by atoms with E-state index in [9.17, 15) is 4.79 Å². The van der Waals surface area contributed by atoms with Gasteiger partial charge in [0.1, 0.15) is 5.69 Å². The third kappa shape index (κ3) is 4.50. The Labute approximate surface area is 181 Å². The molecule has 1 aliphatic rings. The minimum absolute atomic E-state index is 0. The third-order valence-electron chi connectivity index (χ3n) is 5.33. The predicted molar refractivity (Wildman–Crippen MR) is 116 cm³/mol. The number of benzene rings is 1. The van der Waals surface area contributed by atoms with E-state index < -0.39 is 0 Å². The van der Waals surface area contributed by atoms with Gasteiger partial charge in [-0.25, -0.2) is 4.68 Å². The molecule has 0 spiro atoms. The monoisotopic (exact) mass is 434 g/mol. The van der Waals surface area contributed by atoms with Crippen LogP contribution in [-0.2, 0) is 0 Å². The first-order valence-corrected chi connectivity index (χ1v) is 9.85. The van der Waals surface area contributed by atoms with Crippen molar-refractivity contribution in [3.05, 3.63) is 59.4 Å². The SMILES string of the molecule is CC(N)C1CCN(C(=O)c2cc(-c3ccco3)n(-c3cccc(Cl)c3)n2)CC1.Cl. The number of hydrogen-bond acceptors (Lipinski definition) is 4. The fraction of sp³-hybridized carbons (Fsp3) is 0.333. The maximum atomic E-state index is 13.1. The van der Waals surface area contributed by atoms with Gasteiger partial charge in [-0.05, 0) is 56.0 Å². The molecule has 1 fully saturated rings. The van der Waals surface area contributed by atoms with Crippen LogP contribution in [0.3, 0.4) is 0 Å². The van der Waals surface area contributed by atoms with Gasteiger partial charge in [-0.15, -0.1) is 12.4 Å². The lowest BCUT2D eigenvalue weighted by molar-refractivity contribution is 0.0674. The second-order valence-electron chi connectivity index (χ2n) is 7.27. The lowest BCUT2D eigenvalue weighted by Gasteiger charge is -2.33. The van der Waals surface area contributed by atoms with Gasteiger partial charge in [-0.1, -0.05) is 17.7 Å². The fourth-order valence-electron chi connectivity index (χ4n) is 3.68. The molecule has 0 aliphatic carbocycles. The van der Waals surface area contributed by atoms with Crippen molar-refractivity contribution in [1.82, 2.24) is 14.7 Å². The molecule has 29 heavy (non-hydrogen) atoms. The molecule has 1 aliphatic heterocycles. The number of carbonyl (C=O) groups is 1. The van der Waals surface area contributed by atoms with Gasteiger partial charge in [0.2, 0.25) is 0 Å². The summed E-state index contributed by atoms with van der Waals surface area (Å²) in [6.07, 6.45) is 3.44. The number of rotatable bonds is 4. The van der Waals surface area contributed by atoms with Gasteiger partial charge >= 0.3 is 0 Å². The van der Waals surface area contributed by atoms with Crippen LogP contribution in [0.4, 0.5) is 0 Å². The Kier molecular flexibility index (Phi) is 6.67. The van der Waals surface area contributed by atoms with Crippen molar-refractivity contribution in [2.24, 2.45) is 11.7 Å². The van der Waals surface area contributed by atoms with E-state index in [0.717, 1.165) is 18.5 Å². The first-order chi connectivity index (χ1) is 13.5. The highest BCUT2D eigenvalue weighted by molar-refractivity contribution is 6.30. The van der Waals surface area contributed by atoms with Crippen LogP contribution in [0, 0.1) is 5.92 Å². The maximum absolute atomic E-state index is 13.1. The molecule has 2 aromatic heterocycles. The molecule has 0 saturated carbocycles. The van der Waals surface area contributed by atoms with Gasteiger partial charge in [0.25, 0.3) is 5.91 Å². The molecule has 154 valence electrons. The van der Waals surface area contributed by atoms with E-state index in [4.69, 9.17) is 21.8 Å². The highest BCUT2D eigenvalue weighted by Crippen LogP contribution is 2.27. The molecule has 3 heterocycles. The van der Waals surface area contributed by atoms with Crippen molar-refractivity contribution in [2.45, 2.75) is 25.8 Å². The smallest absolute Gasteiger partial charge is 0.274 e. The Balaban J connectivity index is 0.00000240. The minimum Gasteiger partial charge on any atom is -0.463 e. The van der Waals surface area contributed by atoms with E-state index >= 15 is 0 Å². The van der Waals surface area contributed by atoms with Crippen molar-refractivity contribution in [3.63, 3.8) is 0 Å². The third-order valence-corrected chi connectivity index (χ3v) is 5.56. The van der Waals surface area contributed by atoms with E-state index in [1.165, 1.54) is 0 Å². The Hall–Kier alpha value is -2.28. The summed E-state index contributed by atoms with van der Waals surface area (Å²) in [6, 6.07) is 13.0. The number of nitrogens with two attached hydrogens (primary N) is 1. The lowest BCUT2D eigenvalue weighted by atomic mass is 9.91. The zero-order valence-electron chi connectivity index (χ0n) is 16.1. The quantitative estimate of drug-likeness (QED) is 0.659. The number of nitrogens with zero attached hydrogens (tertiary/aromatic N) is 3. The molecule has 1 saturated heterocycles. The molecule has 1 unspecified atom stereocenters. The second kappa shape index (κ2) is 9.03. The van der Waals surface area contributed by atoms with Gasteiger partial charge in [0.15, 0.2) is 11.5 Å². The average Bonchev–Trinajstić information content (AvgIpc) is 3.37. The molecule has 8 heteroatoms. The Morgan fingerprint density at radius 3 is 2.62 bits per heavy atom. The van der Waals surface area contributed by atoms with E-state index in [2.05, 4.69) is 5.10 Å². The summed E-state index contributed by atoms with van der Waals surface area (Å²) in [5, 5.41) is 5.19. The van der Waals surface area contributed by atoms with Gasteiger partial charge in [-0.2, -0.15) is 5.10 Å². The zero-order chi connectivity index (χ0) is 19.7. The summed E-state index contributed by atoms with van der Waals surface area (Å²) in [7, 11) is 0. The fourth-order valence-corrected chi connectivity index (χ4v) is 3.86. The summed E-state index contributed by atoms with van der Waals surface area (Å²) < 4.78 is 7.26. The van der Waals surface area contributed by atoms with Gasteiger partial charge in [0, 0.05) is 30.2 Å². The van der Waals surface area contributed by atoms with Crippen LogP contribution in [0.1, 0.15) is 30.3 Å². The number of furan rings is 1. The Bertz CT molecular complexity index is 961. The number of aromatic nitrogens is 2. The van der Waals surface area contributed by atoms with Gasteiger partial charge < -0.3 is 15.1 Å². The molecular weight excluding hydrogens is 411 g/mol. The van der Waals surface area contributed by atoms with E-state index in [1.807, 2.05) is 42.2 Å². The zero-order valence-corrected chi connectivity index (χ0v) is 17.7. The standard InChI is InChI=1S/C21H23ClN4O2.ClH/c1-14(23)15-7-9-25(10-8-15)21(27)18-13-19(20-6-3-11-28-20)26(24-18)17-5-2-4-16(22)12-17;/h2-6,11-15H,7-10,23H2,1H3;1H. The highest BCUT2D eigenvalue weighted by atomic mass is 35.5. The van der Waals surface area contributed by atoms with E-state index in [1.54, 1.807) is 23.1 Å². The van der Waals surface area contributed by atoms with Crippen molar-refractivity contribution < 1.29 is 9.21 Å². The summed E-state index contributed by atoms with van der Waals surface area (Å²) >= 11 is 6.15. The minimum atomic E-state index is -0.0725. The number of hydrogen-bond donors (Lipinski definition) is 1. The summed E-state index contributed by atoms with van der Waals surface area (Å²) in [5.41, 5.74) is 7.89. The van der Waals surface area contributed by atoms with Crippen LogP contribution >= 0.6 is 24.0 Å². The van der Waals surface area contributed by atoms with Crippen molar-refractivity contribution in [1.29, 1.82) is 0 Å². The van der Waals surface area contributed by atoms with Crippen molar-refractivity contribution >= 4 is 29.9 Å². The Morgan fingerprint density at radius 2 is 2.00 bits per heavy atom. The van der Waals surface area contributed by atoms with E-state index in [-0.39, 0.29) is 24.4 Å². The number of amides is 1. The summed E-state index contributed by atoms with van der Waals surface area (Å²) in [6.45, 7) is 3.43. The van der Waals surface area contributed by atoms with Crippen molar-refractivity contribution in [3.8, 4) is 17.1 Å². The first-order valence-electron chi connectivity index (χ1n) is 9.47. The molecule has 6 nitrogen and oxygen atoms in total. The molecule has 4 rings (SSSR count). The highest BCUT2D eigenvalue weighted by Gasteiger charge is 2.28. The molecule has 1 amide bonds.